The van der Waals surface area contributed by atoms with Gasteiger partial charge in [0.1, 0.15) is 18.7 Å². The van der Waals surface area contributed by atoms with Crippen molar-refractivity contribution < 1.29 is 29.3 Å². The zero-order valence-electron chi connectivity index (χ0n) is 14.2. The van der Waals surface area contributed by atoms with Crippen LogP contribution in [0.2, 0.25) is 0 Å². The highest BCUT2D eigenvalue weighted by atomic mass is 16.5. The van der Waals surface area contributed by atoms with E-state index < -0.39 is 42.6 Å². The van der Waals surface area contributed by atoms with Crippen LogP contribution in [0.4, 0.5) is 4.79 Å². The molecular formula is C17H21N3O6. The number of rotatable bonds is 9. The van der Waals surface area contributed by atoms with Gasteiger partial charge in [-0.25, -0.2) is 9.59 Å². The van der Waals surface area contributed by atoms with Crippen LogP contribution in [0.1, 0.15) is 18.9 Å². The molecule has 0 heterocycles. The summed E-state index contributed by atoms with van der Waals surface area (Å²) in [6, 6.07) is 7.98. The molecule has 9 heteroatoms. The molecule has 2 amide bonds. The quantitative estimate of drug-likeness (QED) is 0.496. The molecule has 0 unspecified atom stereocenters. The van der Waals surface area contributed by atoms with E-state index in [2.05, 4.69) is 10.6 Å². The van der Waals surface area contributed by atoms with E-state index in [4.69, 9.17) is 15.1 Å². The summed E-state index contributed by atoms with van der Waals surface area (Å²) in [5, 5.41) is 31.5. The van der Waals surface area contributed by atoms with Crippen molar-refractivity contribution in [3.63, 3.8) is 0 Å². The Morgan fingerprint density at radius 2 is 1.88 bits per heavy atom. The van der Waals surface area contributed by atoms with Crippen molar-refractivity contribution in [1.82, 2.24) is 10.6 Å². The highest BCUT2D eigenvalue weighted by Crippen LogP contribution is 2.08. The third-order valence-corrected chi connectivity index (χ3v) is 3.55. The first-order chi connectivity index (χ1) is 12.4. The normalized spacial score (nSPS) is 13.6. The van der Waals surface area contributed by atoms with E-state index in [1.807, 2.05) is 12.1 Å². The molecule has 140 valence electrons. The van der Waals surface area contributed by atoms with Crippen LogP contribution in [0, 0.1) is 17.2 Å². The second-order valence-corrected chi connectivity index (χ2v) is 5.61. The van der Waals surface area contributed by atoms with Crippen molar-refractivity contribution in [3.05, 3.63) is 35.9 Å². The standard InChI is InChI=1S/C17H21N3O6/c1-11(7-8-18)14(16(23)24)20-15(22)13(9-21)19-17(25)26-10-12-5-3-2-4-6-12/h2-6,11,13-14,21H,7,9-10H2,1H3,(H,19,25)(H,20,22)(H,23,24)/t11-,13+,14-/m1/s1. The summed E-state index contributed by atoms with van der Waals surface area (Å²) >= 11 is 0. The lowest BCUT2D eigenvalue weighted by atomic mass is 9.98. The molecule has 26 heavy (non-hydrogen) atoms. The first-order valence-electron chi connectivity index (χ1n) is 7.87. The number of alkyl carbamates (subject to hydrolysis) is 1. The van der Waals surface area contributed by atoms with E-state index in [1.165, 1.54) is 6.92 Å². The smallest absolute Gasteiger partial charge is 0.408 e. The number of carboxylic acid groups (broad SMARTS) is 1. The van der Waals surface area contributed by atoms with Crippen molar-refractivity contribution in [2.75, 3.05) is 6.61 Å². The summed E-state index contributed by atoms with van der Waals surface area (Å²) in [4.78, 5) is 35.1. The minimum Gasteiger partial charge on any atom is -0.480 e. The van der Waals surface area contributed by atoms with Crippen LogP contribution in [0.3, 0.4) is 0 Å². The molecule has 3 atom stereocenters. The molecule has 0 bridgehead atoms. The van der Waals surface area contributed by atoms with Crippen LogP contribution >= 0.6 is 0 Å². The van der Waals surface area contributed by atoms with Gasteiger partial charge in [0, 0.05) is 12.3 Å². The lowest BCUT2D eigenvalue weighted by Gasteiger charge is -2.22. The zero-order valence-corrected chi connectivity index (χ0v) is 14.2. The second kappa shape index (κ2) is 10.7. The van der Waals surface area contributed by atoms with Crippen LogP contribution in [-0.2, 0) is 20.9 Å². The second-order valence-electron chi connectivity index (χ2n) is 5.61. The van der Waals surface area contributed by atoms with E-state index in [0.29, 0.717) is 0 Å². The maximum absolute atomic E-state index is 12.1. The molecule has 0 radical (unpaired) electrons. The van der Waals surface area contributed by atoms with E-state index in [9.17, 15) is 19.5 Å². The number of ether oxygens (including phenoxy) is 1. The fourth-order valence-electron chi connectivity index (χ4n) is 2.06. The fourth-order valence-corrected chi connectivity index (χ4v) is 2.06. The number of aliphatic hydroxyl groups excluding tert-OH is 1. The summed E-state index contributed by atoms with van der Waals surface area (Å²) in [6.07, 6.45) is -1.01. The van der Waals surface area contributed by atoms with Gasteiger partial charge in [0.2, 0.25) is 5.91 Å². The van der Waals surface area contributed by atoms with Crippen molar-refractivity contribution in [2.45, 2.75) is 32.0 Å². The molecule has 0 aromatic heterocycles. The number of carbonyl (C=O) groups is 3. The summed E-state index contributed by atoms with van der Waals surface area (Å²) in [5.74, 6) is -2.85. The molecule has 0 saturated heterocycles. The van der Waals surface area contributed by atoms with Gasteiger partial charge in [0.15, 0.2) is 0 Å². The average molecular weight is 363 g/mol. The molecule has 0 saturated carbocycles. The van der Waals surface area contributed by atoms with Gasteiger partial charge in [0.05, 0.1) is 12.7 Å². The van der Waals surface area contributed by atoms with Gasteiger partial charge in [0.25, 0.3) is 0 Å². The Labute approximate surface area is 150 Å². The third-order valence-electron chi connectivity index (χ3n) is 3.55. The number of carbonyl (C=O) groups excluding carboxylic acids is 2. The van der Waals surface area contributed by atoms with Crippen LogP contribution in [-0.4, -0.2) is 46.9 Å². The number of aliphatic carboxylic acids is 1. The molecule has 0 aliphatic carbocycles. The van der Waals surface area contributed by atoms with E-state index in [0.717, 1.165) is 5.56 Å². The predicted octanol–water partition coefficient (Wildman–Crippen LogP) is 0.393. The van der Waals surface area contributed by atoms with Crippen molar-refractivity contribution in [3.8, 4) is 6.07 Å². The molecule has 1 aromatic rings. The predicted molar refractivity (Wildman–Crippen MR) is 89.6 cm³/mol. The molecular weight excluding hydrogens is 342 g/mol. The van der Waals surface area contributed by atoms with Crippen LogP contribution in [0.25, 0.3) is 0 Å². The Bertz CT molecular complexity index is 658. The molecule has 0 aliphatic rings. The number of nitrogens with one attached hydrogen (secondary N) is 2. The minimum atomic E-state index is -1.38. The number of hydrogen-bond acceptors (Lipinski definition) is 6. The van der Waals surface area contributed by atoms with Crippen molar-refractivity contribution in [1.29, 1.82) is 5.26 Å². The fraction of sp³-hybridized carbons (Fsp3) is 0.412. The van der Waals surface area contributed by atoms with Crippen LogP contribution < -0.4 is 10.6 Å². The highest BCUT2D eigenvalue weighted by Gasteiger charge is 2.30. The number of benzene rings is 1. The van der Waals surface area contributed by atoms with Gasteiger partial charge in [-0.1, -0.05) is 37.3 Å². The summed E-state index contributed by atoms with van der Waals surface area (Å²) < 4.78 is 4.95. The number of amides is 2. The molecule has 0 fully saturated rings. The number of nitrogens with zero attached hydrogens (tertiary/aromatic N) is 1. The molecule has 1 aromatic carbocycles. The Kier molecular flexibility index (Phi) is 8.60. The van der Waals surface area contributed by atoms with E-state index in [1.54, 1.807) is 24.3 Å². The number of nitriles is 1. The maximum atomic E-state index is 12.1. The lowest BCUT2D eigenvalue weighted by Crippen LogP contribution is -2.54. The highest BCUT2D eigenvalue weighted by molar-refractivity contribution is 5.89. The van der Waals surface area contributed by atoms with E-state index >= 15 is 0 Å². The largest absolute Gasteiger partial charge is 0.480 e. The monoisotopic (exact) mass is 363 g/mol. The Morgan fingerprint density at radius 1 is 1.23 bits per heavy atom. The van der Waals surface area contributed by atoms with Crippen LogP contribution in [0.15, 0.2) is 30.3 Å². The SMILES string of the molecule is C[C@H](CC#N)[C@@H](NC(=O)[C@H](CO)NC(=O)OCc1ccccc1)C(=O)O. The summed E-state index contributed by atoms with van der Waals surface area (Å²) in [5.41, 5.74) is 0.740. The summed E-state index contributed by atoms with van der Waals surface area (Å²) in [6.45, 7) is 0.729. The van der Waals surface area contributed by atoms with Crippen molar-refractivity contribution >= 4 is 18.0 Å². The number of aliphatic hydroxyl groups is 1. The van der Waals surface area contributed by atoms with Crippen molar-refractivity contribution in [2.24, 2.45) is 5.92 Å². The maximum Gasteiger partial charge on any atom is 0.408 e. The lowest BCUT2D eigenvalue weighted by molar-refractivity contribution is -0.143. The summed E-state index contributed by atoms with van der Waals surface area (Å²) in [7, 11) is 0. The Balaban J connectivity index is 2.60. The van der Waals surface area contributed by atoms with Gasteiger partial charge in [-0.15, -0.1) is 0 Å². The zero-order chi connectivity index (χ0) is 19.5. The third kappa shape index (κ3) is 6.78. The minimum absolute atomic E-state index is 0.0244. The molecule has 0 spiro atoms. The Morgan fingerprint density at radius 3 is 2.42 bits per heavy atom. The number of hydrogen-bond donors (Lipinski definition) is 4. The van der Waals surface area contributed by atoms with Crippen LogP contribution in [0.5, 0.6) is 0 Å². The average Bonchev–Trinajstić information content (AvgIpc) is 2.62. The van der Waals surface area contributed by atoms with Gasteiger partial charge >= 0.3 is 12.1 Å². The van der Waals surface area contributed by atoms with Gasteiger partial charge in [-0.3, -0.25) is 4.79 Å². The molecule has 9 nitrogen and oxygen atoms in total. The van der Waals surface area contributed by atoms with Gasteiger partial charge in [-0.05, 0) is 5.56 Å². The Hall–Kier alpha value is -3.12. The topological polar surface area (TPSA) is 149 Å². The van der Waals surface area contributed by atoms with Gasteiger partial charge in [-0.2, -0.15) is 5.26 Å². The van der Waals surface area contributed by atoms with Gasteiger partial charge < -0.3 is 25.6 Å². The molecule has 1 rings (SSSR count). The molecule has 4 N–H and O–H groups in total. The number of carboxylic acids is 1. The first kappa shape index (κ1) is 20.9. The molecule has 0 aliphatic heterocycles. The van der Waals surface area contributed by atoms with E-state index in [-0.39, 0.29) is 13.0 Å². The first-order valence-corrected chi connectivity index (χ1v) is 7.87.